The number of aliphatic carboxylic acids is 2. The summed E-state index contributed by atoms with van der Waals surface area (Å²) in [6, 6.07) is 9.71. The average molecular weight is 325 g/mol. The van der Waals surface area contributed by atoms with Gasteiger partial charge in [-0.3, -0.25) is 5.84 Å². The molecule has 23 heavy (non-hydrogen) atoms. The maximum atomic E-state index is 9.77. The first-order valence-corrected chi connectivity index (χ1v) is 6.89. The number of para-hydroxylation sites is 1. The predicted octanol–water partition coefficient (Wildman–Crippen LogP) is 0.713. The fourth-order valence-corrected chi connectivity index (χ4v) is 1.54. The van der Waals surface area contributed by atoms with Gasteiger partial charge in [0.15, 0.2) is 0 Å². The second kappa shape index (κ2) is 11.2. The molecule has 1 aromatic carbocycles. The molecule has 1 rings (SSSR count). The lowest BCUT2D eigenvalue weighted by Gasteiger charge is -2.29. The van der Waals surface area contributed by atoms with E-state index in [4.69, 9.17) is 16.1 Å². The molecule has 6 N–H and O–H groups in total. The predicted molar refractivity (Wildman–Crippen MR) is 86.5 cm³/mol. The van der Waals surface area contributed by atoms with Crippen molar-refractivity contribution in [2.75, 3.05) is 12.4 Å². The van der Waals surface area contributed by atoms with Gasteiger partial charge in [-0.25, -0.2) is 14.6 Å². The van der Waals surface area contributed by atoms with Crippen LogP contribution in [0.15, 0.2) is 42.5 Å². The summed E-state index contributed by atoms with van der Waals surface area (Å²) in [6.45, 7) is 1.92. The molecule has 1 aromatic rings. The number of carboxylic acids is 2. The Labute approximate surface area is 134 Å². The molecule has 0 radical (unpaired) electrons. The summed E-state index contributed by atoms with van der Waals surface area (Å²) >= 11 is 0. The van der Waals surface area contributed by atoms with Gasteiger partial charge >= 0.3 is 11.9 Å². The fraction of sp³-hybridized carbons (Fsp3) is 0.333. The van der Waals surface area contributed by atoms with Crippen LogP contribution in [-0.4, -0.2) is 51.6 Å². The molecule has 0 spiro atoms. The van der Waals surface area contributed by atoms with Crippen molar-refractivity contribution in [3.05, 3.63) is 42.5 Å². The molecule has 0 saturated carbocycles. The van der Waals surface area contributed by atoms with Crippen LogP contribution in [-0.2, 0) is 9.59 Å². The van der Waals surface area contributed by atoms with E-state index in [0.717, 1.165) is 5.69 Å². The maximum absolute atomic E-state index is 9.77. The zero-order valence-electron chi connectivity index (χ0n) is 13.1. The molecule has 8 nitrogen and oxygen atoms in total. The number of benzene rings is 1. The average Bonchev–Trinajstić information content (AvgIpc) is 2.51. The van der Waals surface area contributed by atoms with E-state index in [1.54, 1.807) is 7.05 Å². The SMILES string of the molecule is CCC(O)C(Nc1ccccc1)N(C)N.O=C(O)C=CC(=O)O. The third-order valence-corrected chi connectivity index (χ3v) is 2.68. The minimum absolute atomic E-state index is 0.266. The summed E-state index contributed by atoms with van der Waals surface area (Å²) in [7, 11) is 1.74. The lowest BCUT2D eigenvalue weighted by Crippen LogP contribution is -2.50. The van der Waals surface area contributed by atoms with Crippen molar-refractivity contribution in [2.24, 2.45) is 5.84 Å². The normalized spacial score (nSPS) is 13.1. The molecule has 0 fully saturated rings. The summed E-state index contributed by atoms with van der Waals surface area (Å²) in [5.41, 5.74) is 0.951. The van der Waals surface area contributed by atoms with E-state index in [1.807, 2.05) is 37.3 Å². The Balaban J connectivity index is 0.000000515. The molecule has 0 aliphatic carbocycles. The number of carbonyl (C=O) groups is 2. The Hall–Kier alpha value is -2.42. The van der Waals surface area contributed by atoms with E-state index in [0.29, 0.717) is 18.6 Å². The van der Waals surface area contributed by atoms with Crippen LogP contribution in [0.5, 0.6) is 0 Å². The molecular formula is C15H23N3O5. The van der Waals surface area contributed by atoms with Crippen molar-refractivity contribution < 1.29 is 24.9 Å². The highest BCUT2D eigenvalue weighted by Gasteiger charge is 2.19. The van der Waals surface area contributed by atoms with Crippen molar-refractivity contribution in [1.29, 1.82) is 0 Å². The van der Waals surface area contributed by atoms with E-state index in [-0.39, 0.29) is 6.17 Å². The number of aliphatic hydroxyl groups is 1. The number of nitrogens with two attached hydrogens (primary N) is 1. The summed E-state index contributed by atoms with van der Waals surface area (Å²) < 4.78 is 0. The van der Waals surface area contributed by atoms with Gasteiger partial charge in [-0.1, -0.05) is 25.1 Å². The molecule has 2 unspecified atom stereocenters. The molecule has 0 aliphatic rings. The number of hydrogen-bond donors (Lipinski definition) is 5. The van der Waals surface area contributed by atoms with Crippen LogP contribution in [0.1, 0.15) is 13.3 Å². The number of hydrogen-bond acceptors (Lipinski definition) is 6. The number of anilines is 1. The van der Waals surface area contributed by atoms with Crippen LogP contribution >= 0.6 is 0 Å². The Kier molecular flexibility index (Phi) is 10.0. The van der Waals surface area contributed by atoms with Crippen LogP contribution < -0.4 is 11.2 Å². The fourth-order valence-electron chi connectivity index (χ4n) is 1.54. The molecule has 0 bridgehead atoms. The Morgan fingerprint density at radius 1 is 1.22 bits per heavy atom. The second-order valence-electron chi connectivity index (χ2n) is 4.61. The van der Waals surface area contributed by atoms with E-state index in [2.05, 4.69) is 5.32 Å². The molecular weight excluding hydrogens is 302 g/mol. The minimum Gasteiger partial charge on any atom is -0.478 e. The third kappa shape index (κ3) is 10.0. The van der Waals surface area contributed by atoms with Crippen molar-refractivity contribution in [3.63, 3.8) is 0 Å². The topological polar surface area (TPSA) is 136 Å². The third-order valence-electron chi connectivity index (χ3n) is 2.68. The molecule has 0 heterocycles. The van der Waals surface area contributed by atoms with Gasteiger partial charge in [0, 0.05) is 24.9 Å². The standard InChI is InChI=1S/C11H19N3O.C4H4O4/c1-3-10(15)11(14(2)12)13-9-7-5-4-6-8-9;5-3(6)1-2-4(7)8/h4-8,10-11,13,15H,3,12H2,1-2H3;1-2H,(H,5,6)(H,7,8). The Morgan fingerprint density at radius 2 is 1.70 bits per heavy atom. The molecule has 0 amide bonds. The molecule has 128 valence electrons. The van der Waals surface area contributed by atoms with Crippen molar-refractivity contribution in [1.82, 2.24) is 5.01 Å². The largest absolute Gasteiger partial charge is 0.478 e. The van der Waals surface area contributed by atoms with Gasteiger partial charge in [-0.2, -0.15) is 0 Å². The quantitative estimate of drug-likeness (QED) is 0.214. The lowest BCUT2D eigenvalue weighted by molar-refractivity contribution is -0.134. The monoisotopic (exact) mass is 325 g/mol. The first kappa shape index (κ1) is 20.6. The maximum Gasteiger partial charge on any atom is 0.328 e. The zero-order chi connectivity index (χ0) is 17.8. The molecule has 8 heteroatoms. The molecule has 0 saturated heterocycles. The van der Waals surface area contributed by atoms with Crippen molar-refractivity contribution in [2.45, 2.75) is 25.6 Å². The number of hydrazine groups is 1. The molecule has 0 aromatic heterocycles. The van der Waals surface area contributed by atoms with Crippen LogP contribution in [0.4, 0.5) is 5.69 Å². The first-order chi connectivity index (χ1) is 10.8. The van der Waals surface area contributed by atoms with Crippen molar-refractivity contribution in [3.8, 4) is 0 Å². The lowest BCUT2D eigenvalue weighted by atomic mass is 10.2. The van der Waals surface area contributed by atoms with Crippen LogP contribution in [0, 0.1) is 0 Å². The van der Waals surface area contributed by atoms with Gasteiger partial charge in [0.2, 0.25) is 0 Å². The van der Waals surface area contributed by atoms with E-state index in [1.165, 1.54) is 5.01 Å². The number of nitrogens with one attached hydrogen (secondary N) is 1. The Morgan fingerprint density at radius 3 is 2.04 bits per heavy atom. The van der Waals surface area contributed by atoms with Crippen LogP contribution in [0.2, 0.25) is 0 Å². The summed E-state index contributed by atoms with van der Waals surface area (Å²) in [5.74, 6) is 3.16. The smallest absolute Gasteiger partial charge is 0.328 e. The Bertz CT molecular complexity index is 489. The number of aliphatic hydroxyl groups excluding tert-OH is 1. The summed E-state index contributed by atoms with van der Waals surface area (Å²) in [4.78, 5) is 19.1. The van der Waals surface area contributed by atoms with Gasteiger partial charge in [-0.15, -0.1) is 0 Å². The molecule has 2 atom stereocenters. The second-order valence-corrected chi connectivity index (χ2v) is 4.61. The van der Waals surface area contributed by atoms with E-state index < -0.39 is 18.0 Å². The van der Waals surface area contributed by atoms with Crippen LogP contribution in [0.25, 0.3) is 0 Å². The number of rotatable bonds is 7. The number of likely N-dealkylation sites (N-methyl/N-ethyl adjacent to an activating group) is 1. The van der Waals surface area contributed by atoms with Gasteiger partial charge in [0.1, 0.15) is 6.17 Å². The van der Waals surface area contributed by atoms with Gasteiger partial charge in [-0.05, 0) is 18.6 Å². The van der Waals surface area contributed by atoms with E-state index in [9.17, 15) is 14.7 Å². The summed E-state index contributed by atoms with van der Waals surface area (Å²) in [5, 5.41) is 30.1. The highest BCUT2D eigenvalue weighted by atomic mass is 16.4. The zero-order valence-corrected chi connectivity index (χ0v) is 13.1. The highest BCUT2D eigenvalue weighted by Crippen LogP contribution is 2.11. The minimum atomic E-state index is -1.26. The molecule has 0 aliphatic heterocycles. The van der Waals surface area contributed by atoms with Gasteiger partial charge in [0.25, 0.3) is 0 Å². The van der Waals surface area contributed by atoms with Gasteiger partial charge in [0.05, 0.1) is 6.10 Å². The summed E-state index contributed by atoms with van der Waals surface area (Å²) in [6.07, 6.45) is 1.02. The first-order valence-electron chi connectivity index (χ1n) is 6.89. The van der Waals surface area contributed by atoms with Crippen molar-refractivity contribution >= 4 is 17.6 Å². The number of nitrogens with zero attached hydrogens (tertiary/aromatic N) is 1. The van der Waals surface area contributed by atoms with Gasteiger partial charge < -0.3 is 20.6 Å². The highest BCUT2D eigenvalue weighted by molar-refractivity contribution is 5.89. The number of carboxylic acid groups (broad SMARTS) is 2. The van der Waals surface area contributed by atoms with E-state index >= 15 is 0 Å². The van der Waals surface area contributed by atoms with Crippen LogP contribution in [0.3, 0.4) is 0 Å².